The van der Waals surface area contributed by atoms with E-state index in [-0.39, 0.29) is 0 Å². The number of nitrogens with two attached hydrogens (primary N) is 1. The highest BCUT2D eigenvalue weighted by molar-refractivity contribution is 4.47. The first-order chi connectivity index (χ1) is 5.77. The number of hydrogen-bond donors (Lipinski definition) is 3. The number of unbranched alkanes of at least 4 members (excludes halogenated alkanes) is 5. The first-order valence-corrected chi connectivity index (χ1v) is 4.83. The van der Waals surface area contributed by atoms with Crippen LogP contribution in [0, 0.1) is 0 Å². The fourth-order valence-corrected chi connectivity index (χ4v) is 1.18. The van der Waals surface area contributed by atoms with Crippen LogP contribution in [0.25, 0.3) is 0 Å². The van der Waals surface area contributed by atoms with Crippen molar-refractivity contribution in [1.82, 2.24) is 0 Å². The van der Waals surface area contributed by atoms with Gasteiger partial charge in [0.1, 0.15) is 0 Å². The minimum atomic E-state index is -1.12. The zero-order chi connectivity index (χ0) is 9.23. The van der Waals surface area contributed by atoms with E-state index in [2.05, 4.69) is 0 Å². The van der Waals surface area contributed by atoms with Crippen LogP contribution in [0.2, 0.25) is 0 Å². The molecule has 0 bridgehead atoms. The quantitative estimate of drug-likeness (QED) is 0.380. The summed E-state index contributed by atoms with van der Waals surface area (Å²) in [5.41, 5.74) is 5.34. The lowest BCUT2D eigenvalue weighted by atomic mass is 10.1. The van der Waals surface area contributed by atoms with Crippen LogP contribution in [0.4, 0.5) is 0 Å². The second-order valence-electron chi connectivity index (χ2n) is 3.18. The van der Waals surface area contributed by atoms with Gasteiger partial charge in [-0.1, -0.05) is 25.7 Å². The summed E-state index contributed by atoms with van der Waals surface area (Å²) in [4.78, 5) is 0. The van der Waals surface area contributed by atoms with Gasteiger partial charge in [-0.05, 0) is 25.8 Å². The molecule has 0 aromatic rings. The van der Waals surface area contributed by atoms with E-state index in [9.17, 15) is 0 Å². The van der Waals surface area contributed by atoms with Gasteiger partial charge in [0.15, 0.2) is 6.29 Å². The smallest absolute Gasteiger partial charge is 0.151 e. The van der Waals surface area contributed by atoms with Crippen molar-refractivity contribution in [3.63, 3.8) is 0 Å². The molecule has 0 heterocycles. The highest BCUT2D eigenvalue weighted by atomic mass is 16.5. The summed E-state index contributed by atoms with van der Waals surface area (Å²) in [6.45, 7) is 0.787. The van der Waals surface area contributed by atoms with Crippen molar-refractivity contribution >= 4 is 0 Å². The van der Waals surface area contributed by atoms with Crippen LogP contribution in [0.3, 0.4) is 0 Å². The predicted octanol–water partition coefficient (Wildman–Crippen LogP) is 0.987. The van der Waals surface area contributed by atoms with Gasteiger partial charge in [0.2, 0.25) is 0 Å². The van der Waals surface area contributed by atoms with Gasteiger partial charge in [0.25, 0.3) is 0 Å². The van der Waals surface area contributed by atoms with E-state index in [0.29, 0.717) is 6.42 Å². The van der Waals surface area contributed by atoms with Gasteiger partial charge in [-0.15, -0.1) is 0 Å². The largest absolute Gasteiger partial charge is 0.368 e. The molecule has 0 amide bonds. The van der Waals surface area contributed by atoms with Gasteiger partial charge < -0.3 is 15.9 Å². The second-order valence-corrected chi connectivity index (χ2v) is 3.18. The van der Waals surface area contributed by atoms with Crippen LogP contribution in [0.5, 0.6) is 0 Å². The highest BCUT2D eigenvalue weighted by Crippen LogP contribution is 2.07. The minimum absolute atomic E-state index is 0.511. The summed E-state index contributed by atoms with van der Waals surface area (Å²) in [7, 11) is 0. The fourth-order valence-electron chi connectivity index (χ4n) is 1.18. The molecule has 0 spiro atoms. The number of aliphatic hydroxyl groups is 2. The standard InChI is InChI=1S/C9H21NO2/c10-8-6-4-2-1-3-5-7-9(11)12/h9,11-12H,1-8,10H2. The van der Waals surface area contributed by atoms with Gasteiger partial charge in [0, 0.05) is 0 Å². The number of hydrogen-bond acceptors (Lipinski definition) is 3. The Morgan fingerprint density at radius 2 is 1.33 bits per heavy atom. The fraction of sp³-hybridized carbons (Fsp3) is 1.00. The van der Waals surface area contributed by atoms with E-state index in [1.165, 1.54) is 19.3 Å². The summed E-state index contributed by atoms with van der Waals surface area (Å²) in [5.74, 6) is 0. The molecule has 0 saturated heterocycles. The molecule has 0 saturated carbocycles. The lowest BCUT2D eigenvalue weighted by Crippen LogP contribution is -2.02. The number of aliphatic hydroxyl groups excluding tert-OH is 1. The molecule has 0 atom stereocenters. The maximum Gasteiger partial charge on any atom is 0.151 e. The van der Waals surface area contributed by atoms with E-state index in [0.717, 1.165) is 25.8 Å². The molecular formula is C9H21NO2. The third-order valence-electron chi connectivity index (χ3n) is 1.92. The Hall–Kier alpha value is -0.120. The Morgan fingerprint density at radius 3 is 1.83 bits per heavy atom. The van der Waals surface area contributed by atoms with E-state index < -0.39 is 6.29 Å². The molecule has 12 heavy (non-hydrogen) atoms. The molecule has 0 fully saturated rings. The van der Waals surface area contributed by atoms with Crippen molar-refractivity contribution < 1.29 is 10.2 Å². The first-order valence-electron chi connectivity index (χ1n) is 4.83. The Labute approximate surface area is 74.6 Å². The van der Waals surface area contributed by atoms with Crippen LogP contribution >= 0.6 is 0 Å². The van der Waals surface area contributed by atoms with Gasteiger partial charge in [-0.3, -0.25) is 0 Å². The minimum Gasteiger partial charge on any atom is -0.368 e. The summed E-state index contributed by atoms with van der Waals surface area (Å²) in [5, 5.41) is 17.1. The van der Waals surface area contributed by atoms with E-state index >= 15 is 0 Å². The van der Waals surface area contributed by atoms with Crippen LogP contribution in [-0.2, 0) is 0 Å². The summed E-state index contributed by atoms with van der Waals surface area (Å²) >= 11 is 0. The molecule has 0 aliphatic heterocycles. The molecule has 0 aliphatic rings. The molecule has 0 aromatic heterocycles. The molecule has 3 nitrogen and oxygen atoms in total. The summed E-state index contributed by atoms with van der Waals surface area (Å²) in [6, 6.07) is 0. The summed E-state index contributed by atoms with van der Waals surface area (Å²) < 4.78 is 0. The Kier molecular flexibility index (Phi) is 8.88. The topological polar surface area (TPSA) is 66.5 Å². The van der Waals surface area contributed by atoms with Gasteiger partial charge in [0.05, 0.1) is 0 Å². The van der Waals surface area contributed by atoms with Crippen molar-refractivity contribution in [2.24, 2.45) is 5.73 Å². The molecular weight excluding hydrogens is 154 g/mol. The second kappa shape index (κ2) is 8.97. The average molecular weight is 175 g/mol. The van der Waals surface area contributed by atoms with Gasteiger partial charge in [-0.25, -0.2) is 0 Å². The van der Waals surface area contributed by atoms with Crippen LogP contribution in [-0.4, -0.2) is 23.0 Å². The molecule has 0 unspecified atom stereocenters. The van der Waals surface area contributed by atoms with Crippen molar-refractivity contribution in [2.75, 3.05) is 6.54 Å². The van der Waals surface area contributed by atoms with Crippen LogP contribution < -0.4 is 5.73 Å². The normalized spacial score (nSPS) is 11.0. The van der Waals surface area contributed by atoms with Gasteiger partial charge in [-0.2, -0.15) is 0 Å². The lowest BCUT2D eigenvalue weighted by Gasteiger charge is -2.02. The van der Waals surface area contributed by atoms with Crippen molar-refractivity contribution in [2.45, 2.75) is 51.2 Å². The van der Waals surface area contributed by atoms with E-state index in [1.54, 1.807) is 0 Å². The molecule has 4 N–H and O–H groups in total. The van der Waals surface area contributed by atoms with Gasteiger partial charge >= 0.3 is 0 Å². The molecule has 0 radical (unpaired) electrons. The SMILES string of the molecule is NCCCCCCCCC(O)O. The third kappa shape index (κ3) is 9.88. The molecule has 3 heteroatoms. The molecule has 74 valence electrons. The van der Waals surface area contributed by atoms with Crippen molar-refractivity contribution in [1.29, 1.82) is 0 Å². The first kappa shape index (κ1) is 11.9. The maximum atomic E-state index is 8.53. The molecule has 0 rings (SSSR count). The van der Waals surface area contributed by atoms with Crippen LogP contribution in [0.1, 0.15) is 44.9 Å². The zero-order valence-electron chi connectivity index (χ0n) is 7.71. The predicted molar refractivity (Wildman–Crippen MR) is 49.6 cm³/mol. The maximum absolute atomic E-state index is 8.53. The Bertz CT molecular complexity index is 86.6. The van der Waals surface area contributed by atoms with E-state index in [4.69, 9.17) is 15.9 Å². The Morgan fingerprint density at radius 1 is 0.833 bits per heavy atom. The van der Waals surface area contributed by atoms with E-state index in [1.807, 2.05) is 0 Å². The Balaban J connectivity index is 2.82. The highest BCUT2D eigenvalue weighted by Gasteiger charge is 1.96. The van der Waals surface area contributed by atoms with Crippen molar-refractivity contribution in [3.05, 3.63) is 0 Å². The third-order valence-corrected chi connectivity index (χ3v) is 1.92. The van der Waals surface area contributed by atoms with Crippen LogP contribution in [0.15, 0.2) is 0 Å². The zero-order valence-corrected chi connectivity index (χ0v) is 7.71. The monoisotopic (exact) mass is 175 g/mol. The lowest BCUT2D eigenvalue weighted by molar-refractivity contribution is -0.0466. The summed E-state index contributed by atoms with van der Waals surface area (Å²) in [6.07, 6.45) is 6.14. The van der Waals surface area contributed by atoms with Crippen molar-refractivity contribution in [3.8, 4) is 0 Å². The molecule has 0 aromatic carbocycles. The average Bonchev–Trinajstić information content (AvgIpc) is 2.02. The number of rotatable bonds is 8. The molecule has 0 aliphatic carbocycles.